The molecular formula is C10H21NO. The maximum Gasteiger partial charge on any atom is 0.219 e. The lowest BCUT2D eigenvalue weighted by molar-refractivity contribution is -0.121. The van der Waals surface area contributed by atoms with Crippen LogP contribution < -0.4 is 5.32 Å². The topological polar surface area (TPSA) is 29.1 Å². The van der Waals surface area contributed by atoms with Gasteiger partial charge in [0.2, 0.25) is 5.91 Å². The highest BCUT2D eigenvalue weighted by Gasteiger charge is 2.23. The lowest BCUT2D eigenvalue weighted by Gasteiger charge is -2.11. The van der Waals surface area contributed by atoms with E-state index >= 15 is 0 Å². The summed E-state index contributed by atoms with van der Waals surface area (Å²) in [5.41, 5.74) is 0. The molecule has 1 fully saturated rings. The SMILES string of the molecule is CCC(=O)N[C@@H]1CC[C@@H](CC)C1.[HH]. The number of carbonyl (C=O) groups is 1. The van der Waals surface area contributed by atoms with Crippen LogP contribution in [0, 0.1) is 5.92 Å². The number of amides is 1. The van der Waals surface area contributed by atoms with Gasteiger partial charge in [0.25, 0.3) is 0 Å². The summed E-state index contributed by atoms with van der Waals surface area (Å²) in [7, 11) is 0. The minimum Gasteiger partial charge on any atom is -0.353 e. The summed E-state index contributed by atoms with van der Waals surface area (Å²) in [5, 5.41) is 3.05. The first-order chi connectivity index (χ1) is 5.76. The first kappa shape index (κ1) is 9.56. The Morgan fingerprint density at radius 1 is 1.50 bits per heavy atom. The van der Waals surface area contributed by atoms with E-state index in [1.807, 2.05) is 6.92 Å². The van der Waals surface area contributed by atoms with Crippen LogP contribution in [0.5, 0.6) is 0 Å². The maximum atomic E-state index is 11.1. The number of hydrogen-bond acceptors (Lipinski definition) is 1. The maximum absolute atomic E-state index is 11.1. The minimum absolute atomic E-state index is 0. The molecule has 12 heavy (non-hydrogen) atoms. The van der Waals surface area contributed by atoms with E-state index in [1.54, 1.807) is 0 Å². The lowest BCUT2D eigenvalue weighted by Crippen LogP contribution is -2.32. The van der Waals surface area contributed by atoms with Crippen molar-refractivity contribution in [2.45, 2.75) is 52.0 Å². The standard InChI is InChI=1S/C10H19NO.H2/c1-3-8-5-6-9(7-8)11-10(12)4-2;/h8-9H,3-7H2,1-2H3,(H,11,12);1H/t8-,9-;/m1./s1. The van der Waals surface area contributed by atoms with Gasteiger partial charge in [-0.05, 0) is 25.2 Å². The molecule has 0 aliphatic heterocycles. The molecule has 1 N–H and O–H groups in total. The Morgan fingerprint density at radius 3 is 2.75 bits per heavy atom. The summed E-state index contributed by atoms with van der Waals surface area (Å²) in [6, 6.07) is 0.474. The van der Waals surface area contributed by atoms with Crippen molar-refractivity contribution in [1.82, 2.24) is 5.32 Å². The quantitative estimate of drug-likeness (QED) is 0.693. The molecule has 1 amide bonds. The molecule has 0 heterocycles. The van der Waals surface area contributed by atoms with E-state index in [1.165, 1.54) is 25.7 Å². The van der Waals surface area contributed by atoms with Crippen molar-refractivity contribution in [3.05, 3.63) is 0 Å². The molecule has 2 heteroatoms. The molecule has 0 aromatic heterocycles. The smallest absolute Gasteiger partial charge is 0.219 e. The summed E-state index contributed by atoms with van der Waals surface area (Å²) >= 11 is 0. The Kier molecular flexibility index (Phi) is 3.57. The third-order valence-corrected chi connectivity index (χ3v) is 2.80. The van der Waals surface area contributed by atoms with Gasteiger partial charge < -0.3 is 5.32 Å². The third-order valence-electron chi connectivity index (χ3n) is 2.80. The largest absolute Gasteiger partial charge is 0.353 e. The van der Waals surface area contributed by atoms with E-state index in [2.05, 4.69) is 12.2 Å². The van der Waals surface area contributed by atoms with Crippen LogP contribution >= 0.6 is 0 Å². The molecule has 0 spiro atoms. The fraction of sp³-hybridized carbons (Fsp3) is 0.900. The van der Waals surface area contributed by atoms with Gasteiger partial charge in [-0.2, -0.15) is 0 Å². The molecule has 2 nitrogen and oxygen atoms in total. The van der Waals surface area contributed by atoms with Crippen LogP contribution in [0.4, 0.5) is 0 Å². The van der Waals surface area contributed by atoms with Crippen LogP contribution in [0.3, 0.4) is 0 Å². The van der Waals surface area contributed by atoms with Crippen LogP contribution in [0.1, 0.15) is 47.4 Å². The van der Waals surface area contributed by atoms with Crippen LogP contribution in [0.25, 0.3) is 0 Å². The van der Waals surface area contributed by atoms with Gasteiger partial charge in [-0.15, -0.1) is 0 Å². The van der Waals surface area contributed by atoms with Crippen LogP contribution in [0.2, 0.25) is 0 Å². The molecule has 1 rings (SSSR count). The predicted molar refractivity (Wildman–Crippen MR) is 52.0 cm³/mol. The molecule has 72 valence electrons. The third kappa shape index (κ3) is 2.50. The van der Waals surface area contributed by atoms with Crippen LogP contribution in [-0.4, -0.2) is 11.9 Å². The molecule has 0 radical (unpaired) electrons. The molecule has 1 aliphatic rings. The molecule has 0 aromatic carbocycles. The highest BCUT2D eigenvalue weighted by atomic mass is 16.1. The minimum atomic E-state index is 0. The zero-order chi connectivity index (χ0) is 8.97. The Hall–Kier alpha value is -0.530. The molecule has 0 saturated heterocycles. The van der Waals surface area contributed by atoms with Crippen molar-refractivity contribution in [3.8, 4) is 0 Å². The Bertz CT molecular complexity index is 161. The number of hydrogen-bond donors (Lipinski definition) is 1. The van der Waals surface area contributed by atoms with E-state index in [0.29, 0.717) is 12.5 Å². The van der Waals surface area contributed by atoms with Crippen LogP contribution in [-0.2, 0) is 4.79 Å². The molecule has 0 unspecified atom stereocenters. The highest BCUT2D eigenvalue weighted by Crippen LogP contribution is 2.27. The summed E-state index contributed by atoms with van der Waals surface area (Å²) in [6.07, 6.45) is 5.56. The van der Waals surface area contributed by atoms with Gasteiger partial charge in [-0.25, -0.2) is 0 Å². The average Bonchev–Trinajstić information content (AvgIpc) is 2.52. The lowest BCUT2D eigenvalue weighted by atomic mass is 10.1. The van der Waals surface area contributed by atoms with Gasteiger partial charge in [0.15, 0.2) is 0 Å². The van der Waals surface area contributed by atoms with E-state index in [0.717, 1.165) is 5.92 Å². The molecule has 2 atom stereocenters. The molecule has 0 aromatic rings. The second kappa shape index (κ2) is 4.48. The first-order valence-corrected chi connectivity index (χ1v) is 5.05. The normalized spacial score (nSPS) is 28.8. The van der Waals surface area contributed by atoms with Crippen molar-refractivity contribution in [2.24, 2.45) is 5.92 Å². The van der Waals surface area contributed by atoms with Gasteiger partial charge in [-0.3, -0.25) is 4.79 Å². The van der Waals surface area contributed by atoms with Crippen molar-refractivity contribution in [1.29, 1.82) is 0 Å². The summed E-state index contributed by atoms with van der Waals surface area (Å²) in [6.45, 7) is 4.14. The number of nitrogens with one attached hydrogen (secondary N) is 1. The van der Waals surface area contributed by atoms with Crippen LogP contribution in [0.15, 0.2) is 0 Å². The molecule has 1 aliphatic carbocycles. The van der Waals surface area contributed by atoms with Crippen molar-refractivity contribution < 1.29 is 6.22 Å². The Morgan fingerprint density at radius 2 is 2.25 bits per heavy atom. The summed E-state index contributed by atoms with van der Waals surface area (Å²) in [5.74, 6) is 1.06. The second-order valence-electron chi connectivity index (χ2n) is 3.71. The summed E-state index contributed by atoms with van der Waals surface area (Å²) in [4.78, 5) is 11.1. The molecule has 1 saturated carbocycles. The fourth-order valence-electron chi connectivity index (χ4n) is 1.91. The van der Waals surface area contributed by atoms with E-state index in [-0.39, 0.29) is 7.33 Å². The Balaban J connectivity index is 0.00000144. The molecular weight excluding hydrogens is 150 g/mol. The van der Waals surface area contributed by atoms with Gasteiger partial charge >= 0.3 is 0 Å². The van der Waals surface area contributed by atoms with Crippen molar-refractivity contribution >= 4 is 5.91 Å². The molecule has 0 bridgehead atoms. The monoisotopic (exact) mass is 171 g/mol. The van der Waals surface area contributed by atoms with E-state index in [9.17, 15) is 4.79 Å². The zero-order valence-electron chi connectivity index (χ0n) is 8.10. The summed E-state index contributed by atoms with van der Waals surface area (Å²) < 4.78 is 0. The number of rotatable bonds is 3. The van der Waals surface area contributed by atoms with Gasteiger partial charge in [0.1, 0.15) is 0 Å². The Labute approximate surface area is 76.2 Å². The van der Waals surface area contributed by atoms with Gasteiger partial charge in [-0.1, -0.05) is 20.3 Å². The van der Waals surface area contributed by atoms with Crippen molar-refractivity contribution in [3.63, 3.8) is 0 Å². The van der Waals surface area contributed by atoms with Crippen molar-refractivity contribution in [2.75, 3.05) is 0 Å². The predicted octanol–water partition coefficient (Wildman–Crippen LogP) is 2.34. The van der Waals surface area contributed by atoms with E-state index in [4.69, 9.17) is 0 Å². The zero-order valence-corrected chi connectivity index (χ0v) is 8.10. The van der Waals surface area contributed by atoms with Gasteiger partial charge in [0.05, 0.1) is 0 Å². The fourth-order valence-corrected chi connectivity index (χ4v) is 1.91. The first-order valence-electron chi connectivity index (χ1n) is 5.05. The number of carbonyl (C=O) groups excluding carboxylic acids is 1. The highest BCUT2D eigenvalue weighted by molar-refractivity contribution is 5.75. The second-order valence-corrected chi connectivity index (χ2v) is 3.71. The van der Waals surface area contributed by atoms with E-state index < -0.39 is 0 Å². The van der Waals surface area contributed by atoms with Gasteiger partial charge in [0, 0.05) is 13.9 Å². The average molecular weight is 171 g/mol.